The van der Waals surface area contributed by atoms with E-state index in [4.69, 9.17) is 35.3 Å². The van der Waals surface area contributed by atoms with Crippen molar-refractivity contribution in [3.05, 3.63) is 112 Å². The van der Waals surface area contributed by atoms with Gasteiger partial charge in [-0.25, -0.2) is 14.4 Å². The highest BCUT2D eigenvalue weighted by molar-refractivity contribution is 6.31. The topological polar surface area (TPSA) is 97.4 Å². The van der Waals surface area contributed by atoms with Crippen LogP contribution in [0.3, 0.4) is 0 Å². The molecule has 8 nitrogen and oxygen atoms in total. The van der Waals surface area contributed by atoms with Crippen LogP contribution < -0.4 is 0 Å². The van der Waals surface area contributed by atoms with Gasteiger partial charge in [-0.2, -0.15) is 0 Å². The van der Waals surface area contributed by atoms with Crippen molar-refractivity contribution < 1.29 is 38.1 Å². The molecule has 212 valence electrons. The van der Waals surface area contributed by atoms with Crippen LogP contribution in [-0.4, -0.2) is 29.1 Å². The molecule has 9 heteroatoms. The minimum Gasteiger partial charge on any atom is -0.450 e. The fraction of sp³-hybridized carbons (Fsp3) is 0.281. The summed E-state index contributed by atoms with van der Waals surface area (Å²) in [6.07, 6.45) is -2.85. The molecule has 3 aromatic rings. The average Bonchev–Trinajstić information content (AvgIpc) is 3.41. The third-order valence-electron chi connectivity index (χ3n) is 6.67. The first kappa shape index (κ1) is 28.4. The van der Waals surface area contributed by atoms with E-state index >= 15 is 0 Å². The van der Waals surface area contributed by atoms with Crippen molar-refractivity contribution in [2.45, 2.75) is 57.9 Å². The van der Waals surface area contributed by atoms with Gasteiger partial charge in [-0.1, -0.05) is 72.8 Å². The number of carbonyl (C=O) groups is 3. The van der Waals surface area contributed by atoms with Gasteiger partial charge in [0.15, 0.2) is 0 Å². The molecule has 0 fully saturated rings. The molecule has 5 rings (SSSR count). The zero-order valence-electron chi connectivity index (χ0n) is 23.1. The second kappa shape index (κ2) is 10.7. The molecular weight excluding hydrogens is 548 g/mol. The second-order valence-corrected chi connectivity index (χ2v) is 11.3. The first-order chi connectivity index (χ1) is 19.4. The number of hydrogen-bond donors (Lipinski definition) is 0. The van der Waals surface area contributed by atoms with Gasteiger partial charge < -0.3 is 23.7 Å². The number of halogens is 1. The molecule has 0 aromatic heterocycles. The lowest BCUT2D eigenvalue weighted by Gasteiger charge is -2.36. The van der Waals surface area contributed by atoms with Crippen LogP contribution in [-0.2, 0) is 39.7 Å². The number of ether oxygens (including phenoxy) is 5. The lowest BCUT2D eigenvalue weighted by Crippen LogP contribution is -2.56. The molecule has 0 aliphatic carbocycles. The van der Waals surface area contributed by atoms with E-state index in [1.807, 2.05) is 13.0 Å². The van der Waals surface area contributed by atoms with E-state index in [2.05, 4.69) is 6.58 Å². The Balaban J connectivity index is 1.56. The smallest absolute Gasteiger partial charge is 0.354 e. The van der Waals surface area contributed by atoms with Gasteiger partial charge in [-0.3, -0.25) is 0 Å². The maximum Gasteiger partial charge on any atom is 0.354 e. The van der Waals surface area contributed by atoms with Crippen LogP contribution in [0.2, 0.25) is 5.02 Å². The van der Waals surface area contributed by atoms with Crippen molar-refractivity contribution in [3.8, 4) is 0 Å². The zero-order chi connectivity index (χ0) is 29.5. The minimum atomic E-state index is -2.34. The summed E-state index contributed by atoms with van der Waals surface area (Å²) >= 11 is 6.39. The maximum absolute atomic E-state index is 14.2. The van der Waals surface area contributed by atoms with Crippen LogP contribution in [0.4, 0.5) is 0 Å². The van der Waals surface area contributed by atoms with E-state index in [9.17, 15) is 14.4 Å². The molecule has 2 aliphatic heterocycles. The van der Waals surface area contributed by atoms with Crippen LogP contribution in [0.5, 0.6) is 0 Å². The summed E-state index contributed by atoms with van der Waals surface area (Å²) in [5.41, 5.74) is -0.193. The zero-order valence-corrected chi connectivity index (χ0v) is 23.8. The Bertz CT molecular complexity index is 1470. The molecule has 41 heavy (non-hydrogen) atoms. The molecule has 3 aromatic carbocycles. The van der Waals surface area contributed by atoms with Crippen molar-refractivity contribution >= 4 is 35.3 Å². The molecule has 2 heterocycles. The Hall–Kier alpha value is -4.14. The van der Waals surface area contributed by atoms with Crippen molar-refractivity contribution in [2.24, 2.45) is 0 Å². The minimum absolute atomic E-state index is 0.259. The fourth-order valence-electron chi connectivity index (χ4n) is 4.79. The molecular formula is C32H29ClO8. The highest BCUT2D eigenvalue weighted by Crippen LogP contribution is 2.41. The first-order valence-corrected chi connectivity index (χ1v) is 13.4. The number of hydrogen-bond acceptors (Lipinski definition) is 8. The van der Waals surface area contributed by atoms with Gasteiger partial charge in [0, 0.05) is 28.1 Å². The van der Waals surface area contributed by atoms with Crippen molar-refractivity contribution in [2.75, 3.05) is 0 Å². The molecule has 0 N–H and O–H groups in total. The summed E-state index contributed by atoms with van der Waals surface area (Å²) in [7, 11) is 0. The van der Waals surface area contributed by atoms with E-state index in [-0.39, 0.29) is 12.0 Å². The van der Waals surface area contributed by atoms with Gasteiger partial charge in [0.2, 0.25) is 0 Å². The molecule has 3 atom stereocenters. The van der Waals surface area contributed by atoms with Gasteiger partial charge in [-0.15, -0.1) is 0 Å². The lowest BCUT2D eigenvalue weighted by molar-refractivity contribution is -0.227. The largest absolute Gasteiger partial charge is 0.450 e. The summed E-state index contributed by atoms with van der Waals surface area (Å²) in [5, 5.41) is 0.442. The van der Waals surface area contributed by atoms with Gasteiger partial charge >= 0.3 is 17.9 Å². The molecule has 0 amide bonds. The van der Waals surface area contributed by atoms with Crippen molar-refractivity contribution in [3.63, 3.8) is 0 Å². The number of esters is 3. The Kier molecular flexibility index (Phi) is 7.40. The van der Waals surface area contributed by atoms with Gasteiger partial charge in [0.1, 0.15) is 5.76 Å². The summed E-state index contributed by atoms with van der Waals surface area (Å²) in [6.45, 7) is 10.8. The summed E-state index contributed by atoms with van der Waals surface area (Å²) in [4.78, 5) is 40.8. The van der Waals surface area contributed by atoms with E-state index in [0.717, 1.165) is 5.56 Å². The van der Waals surface area contributed by atoms with Gasteiger partial charge in [0.05, 0.1) is 11.2 Å². The number of aryl methyl sites for hydroxylation is 1. The van der Waals surface area contributed by atoms with Crippen LogP contribution in [0.25, 0.3) is 5.76 Å². The molecule has 0 bridgehead atoms. The van der Waals surface area contributed by atoms with Crippen LogP contribution in [0.1, 0.15) is 71.5 Å². The Morgan fingerprint density at radius 3 is 2.05 bits per heavy atom. The Morgan fingerprint density at radius 1 is 0.878 bits per heavy atom. The van der Waals surface area contributed by atoms with Crippen LogP contribution in [0, 0.1) is 6.92 Å². The molecule has 0 radical (unpaired) electrons. The van der Waals surface area contributed by atoms with Gasteiger partial charge in [0.25, 0.3) is 18.2 Å². The Labute approximate surface area is 242 Å². The number of rotatable bonds is 7. The molecule has 0 saturated heterocycles. The fourth-order valence-corrected chi connectivity index (χ4v) is 4.99. The lowest BCUT2D eigenvalue weighted by atomic mass is 9.92. The number of fused-ring (bicyclic) bond motifs is 2. The quantitative estimate of drug-likeness (QED) is 0.235. The standard InChI is InChI=1S/C32H29ClO8/c1-18-14-15-20(16-25(18)33)17-32(41-31(3,4)5,29(35)39-27-23-12-8-6-10-21(23)19(2)37-27)30(36)40-28-24-13-9-7-11-22(24)26(34)38-28/h6-16,27-28H,2,17H2,1,3-5H3. The summed E-state index contributed by atoms with van der Waals surface area (Å²) in [5.74, 6) is -2.49. The highest BCUT2D eigenvalue weighted by Gasteiger charge is 2.56. The number of carbonyl (C=O) groups excluding carboxylic acids is 3. The third kappa shape index (κ3) is 5.58. The molecule has 0 spiro atoms. The molecule has 0 saturated carbocycles. The number of benzene rings is 3. The Morgan fingerprint density at radius 2 is 1.44 bits per heavy atom. The van der Waals surface area contributed by atoms with Crippen molar-refractivity contribution in [1.29, 1.82) is 0 Å². The monoisotopic (exact) mass is 576 g/mol. The third-order valence-corrected chi connectivity index (χ3v) is 7.08. The molecule has 3 unspecified atom stereocenters. The van der Waals surface area contributed by atoms with Crippen LogP contribution in [0.15, 0.2) is 73.3 Å². The number of cyclic esters (lactones) is 1. The van der Waals surface area contributed by atoms with E-state index in [1.54, 1.807) is 81.4 Å². The van der Waals surface area contributed by atoms with E-state index in [1.165, 1.54) is 0 Å². The summed E-state index contributed by atoms with van der Waals surface area (Å²) in [6, 6.07) is 18.8. The van der Waals surface area contributed by atoms with Crippen LogP contribution >= 0.6 is 11.6 Å². The van der Waals surface area contributed by atoms with E-state index < -0.39 is 41.7 Å². The normalized spacial score (nSPS) is 19.0. The SMILES string of the molecule is C=C1OC(OC(=O)C(Cc2ccc(C)c(Cl)c2)(OC(C)(C)C)C(=O)OC2OC(=O)c3ccccc32)c2ccccc21. The predicted octanol–water partition coefficient (Wildman–Crippen LogP) is 6.40. The predicted molar refractivity (Wildman–Crippen MR) is 150 cm³/mol. The molecule has 2 aliphatic rings. The average molecular weight is 577 g/mol. The summed E-state index contributed by atoms with van der Waals surface area (Å²) < 4.78 is 28.9. The van der Waals surface area contributed by atoms with Gasteiger partial charge in [-0.05, 0) is 51.0 Å². The van der Waals surface area contributed by atoms with Crippen molar-refractivity contribution in [1.82, 2.24) is 0 Å². The first-order valence-electron chi connectivity index (χ1n) is 13.0. The highest BCUT2D eigenvalue weighted by atomic mass is 35.5. The maximum atomic E-state index is 14.2. The second-order valence-electron chi connectivity index (χ2n) is 10.9. The van der Waals surface area contributed by atoms with E-state index in [0.29, 0.717) is 33.0 Å².